The van der Waals surface area contributed by atoms with Crippen molar-refractivity contribution in [3.05, 3.63) is 53.6 Å². The number of nitrogens with zero attached hydrogens (tertiary/aromatic N) is 1. The first-order valence-corrected chi connectivity index (χ1v) is 10.3. The maximum absolute atomic E-state index is 12.3. The molecular formula is C20H22N2OS2. The summed E-state index contributed by atoms with van der Waals surface area (Å²) in [5, 5.41) is 3.60. The van der Waals surface area contributed by atoms with E-state index >= 15 is 0 Å². The molecule has 130 valence electrons. The molecule has 0 bridgehead atoms. The fraction of sp³-hybridized carbons (Fsp3) is 0.300. The van der Waals surface area contributed by atoms with E-state index in [9.17, 15) is 4.79 Å². The van der Waals surface area contributed by atoms with Gasteiger partial charge < -0.3 is 5.32 Å². The van der Waals surface area contributed by atoms with Gasteiger partial charge in [0, 0.05) is 4.90 Å². The molecule has 0 spiro atoms. The van der Waals surface area contributed by atoms with E-state index in [1.54, 1.807) is 11.8 Å². The van der Waals surface area contributed by atoms with Gasteiger partial charge in [-0.2, -0.15) is 0 Å². The van der Waals surface area contributed by atoms with Gasteiger partial charge in [0.15, 0.2) is 5.13 Å². The number of rotatable bonds is 6. The van der Waals surface area contributed by atoms with Gasteiger partial charge in [-0.1, -0.05) is 50.3 Å². The summed E-state index contributed by atoms with van der Waals surface area (Å²) < 4.78 is 1.11. The highest BCUT2D eigenvalue weighted by Crippen LogP contribution is 2.29. The molecule has 5 heteroatoms. The van der Waals surface area contributed by atoms with Crippen molar-refractivity contribution < 1.29 is 4.79 Å². The molecule has 2 aromatic carbocycles. The molecule has 1 amide bonds. The zero-order valence-corrected chi connectivity index (χ0v) is 16.3. The number of carbonyl (C=O) groups excluding carboxylic acids is 1. The minimum atomic E-state index is -0.0287. The lowest BCUT2D eigenvalue weighted by Crippen LogP contribution is -2.14. The number of hydrogen-bond acceptors (Lipinski definition) is 4. The number of fused-ring (bicyclic) bond motifs is 1. The minimum Gasteiger partial charge on any atom is -0.302 e. The fourth-order valence-electron chi connectivity index (χ4n) is 2.57. The first-order valence-electron chi connectivity index (χ1n) is 8.47. The Bertz CT molecular complexity index is 869. The third-order valence-corrected chi connectivity index (χ3v) is 5.75. The predicted molar refractivity (Wildman–Crippen MR) is 109 cm³/mol. The number of thioether (sulfide) groups is 1. The van der Waals surface area contributed by atoms with Crippen LogP contribution in [-0.4, -0.2) is 16.6 Å². The molecule has 0 saturated carbocycles. The number of benzene rings is 2. The third kappa shape index (κ3) is 4.61. The van der Waals surface area contributed by atoms with Crippen molar-refractivity contribution in [2.24, 2.45) is 0 Å². The van der Waals surface area contributed by atoms with Gasteiger partial charge in [-0.25, -0.2) is 4.98 Å². The van der Waals surface area contributed by atoms with Crippen molar-refractivity contribution in [3.8, 4) is 0 Å². The Kier molecular flexibility index (Phi) is 5.76. The van der Waals surface area contributed by atoms with Gasteiger partial charge in [0.1, 0.15) is 0 Å². The van der Waals surface area contributed by atoms with Crippen LogP contribution in [0.4, 0.5) is 5.13 Å². The average Bonchev–Trinajstić information content (AvgIpc) is 2.97. The Morgan fingerprint density at radius 2 is 1.96 bits per heavy atom. The van der Waals surface area contributed by atoms with Gasteiger partial charge in [-0.05, 0) is 47.1 Å². The summed E-state index contributed by atoms with van der Waals surface area (Å²) in [6, 6.07) is 14.5. The van der Waals surface area contributed by atoms with E-state index in [1.807, 2.05) is 18.2 Å². The van der Waals surface area contributed by atoms with Crippen molar-refractivity contribution in [2.45, 2.75) is 38.0 Å². The second-order valence-electron chi connectivity index (χ2n) is 6.20. The van der Waals surface area contributed by atoms with Crippen LogP contribution in [0.15, 0.2) is 47.4 Å². The molecule has 0 fully saturated rings. The smallest absolute Gasteiger partial charge is 0.230 e. The summed E-state index contributed by atoms with van der Waals surface area (Å²) in [5.41, 5.74) is 3.24. The van der Waals surface area contributed by atoms with E-state index in [4.69, 9.17) is 0 Å². The number of carbonyl (C=O) groups is 1. The normalized spacial score (nSPS) is 11.2. The number of anilines is 1. The lowest BCUT2D eigenvalue weighted by Gasteiger charge is -2.03. The maximum Gasteiger partial charge on any atom is 0.230 e. The molecule has 3 aromatic rings. The summed E-state index contributed by atoms with van der Waals surface area (Å²) >= 11 is 3.33. The molecule has 0 saturated heterocycles. The van der Waals surface area contributed by atoms with Crippen LogP contribution >= 0.6 is 23.1 Å². The lowest BCUT2D eigenvalue weighted by atomic mass is 10.0. The zero-order valence-electron chi connectivity index (χ0n) is 14.7. The average molecular weight is 371 g/mol. The van der Waals surface area contributed by atoms with Crippen LogP contribution in [-0.2, 0) is 11.2 Å². The Hall–Kier alpha value is -1.85. The first kappa shape index (κ1) is 18.0. The summed E-state index contributed by atoms with van der Waals surface area (Å²) in [5.74, 6) is 1.51. The van der Waals surface area contributed by atoms with Crippen LogP contribution < -0.4 is 5.32 Å². The number of amides is 1. The molecule has 1 N–H and O–H groups in total. The van der Waals surface area contributed by atoms with Crippen LogP contribution in [0, 0.1) is 0 Å². The van der Waals surface area contributed by atoms with Gasteiger partial charge >= 0.3 is 0 Å². The Morgan fingerprint density at radius 1 is 1.20 bits per heavy atom. The summed E-state index contributed by atoms with van der Waals surface area (Å²) in [6.45, 7) is 6.48. The van der Waals surface area contributed by atoms with Gasteiger partial charge in [-0.15, -0.1) is 11.8 Å². The molecule has 0 aliphatic rings. The van der Waals surface area contributed by atoms with Crippen LogP contribution in [0.2, 0.25) is 0 Å². The molecule has 0 unspecified atom stereocenters. The molecule has 0 aliphatic heterocycles. The number of thiazole rings is 1. The molecule has 3 rings (SSSR count). The third-order valence-electron chi connectivity index (χ3n) is 3.92. The molecule has 1 heterocycles. The van der Waals surface area contributed by atoms with Gasteiger partial charge in [0.25, 0.3) is 0 Å². The van der Waals surface area contributed by atoms with Crippen molar-refractivity contribution in [1.29, 1.82) is 0 Å². The second-order valence-corrected chi connectivity index (χ2v) is 8.57. The Balaban J connectivity index is 1.67. The highest BCUT2D eigenvalue weighted by Gasteiger charge is 2.10. The maximum atomic E-state index is 12.3. The molecule has 0 aliphatic carbocycles. The molecular weight excluding hydrogens is 348 g/mol. The van der Waals surface area contributed by atoms with Crippen LogP contribution in [0.5, 0.6) is 0 Å². The minimum absolute atomic E-state index is 0.0287. The van der Waals surface area contributed by atoms with Crippen molar-refractivity contribution in [3.63, 3.8) is 0 Å². The first-order chi connectivity index (χ1) is 12.0. The number of aromatic nitrogens is 1. The highest BCUT2D eigenvalue weighted by atomic mass is 32.2. The van der Waals surface area contributed by atoms with E-state index < -0.39 is 0 Å². The molecule has 25 heavy (non-hydrogen) atoms. The molecule has 0 atom stereocenters. The summed E-state index contributed by atoms with van der Waals surface area (Å²) in [4.78, 5) is 18.0. The van der Waals surface area contributed by atoms with Crippen molar-refractivity contribution in [2.75, 3.05) is 11.1 Å². The zero-order chi connectivity index (χ0) is 17.8. The fourth-order valence-corrected chi connectivity index (χ4v) is 4.17. The van der Waals surface area contributed by atoms with E-state index in [0.29, 0.717) is 17.5 Å². The van der Waals surface area contributed by atoms with Crippen molar-refractivity contribution >= 4 is 44.4 Å². The van der Waals surface area contributed by atoms with Gasteiger partial charge in [0.05, 0.1) is 16.6 Å². The van der Waals surface area contributed by atoms with Crippen LogP contribution in [0.25, 0.3) is 10.2 Å². The summed E-state index contributed by atoms with van der Waals surface area (Å²) in [7, 11) is 0. The summed E-state index contributed by atoms with van der Waals surface area (Å²) in [6.07, 6.45) is 0.365. The highest BCUT2D eigenvalue weighted by molar-refractivity contribution is 7.99. The molecule has 1 aromatic heterocycles. The van der Waals surface area contributed by atoms with E-state index in [-0.39, 0.29) is 5.91 Å². The predicted octanol–water partition coefficient (Wildman–Crippen LogP) is 5.71. The van der Waals surface area contributed by atoms with Crippen molar-refractivity contribution in [1.82, 2.24) is 4.98 Å². The van der Waals surface area contributed by atoms with E-state index in [0.717, 1.165) is 21.5 Å². The topological polar surface area (TPSA) is 42.0 Å². The largest absolute Gasteiger partial charge is 0.302 e. The molecule has 0 radical (unpaired) electrons. The number of nitrogens with one attached hydrogen (secondary N) is 1. The monoisotopic (exact) mass is 370 g/mol. The van der Waals surface area contributed by atoms with Crippen LogP contribution in [0.1, 0.15) is 37.8 Å². The standard InChI is InChI=1S/C20H22N2OS2/c1-4-24-16-8-5-14(6-9-16)11-19(23)22-20-21-17-10-7-15(13(2)3)12-18(17)25-20/h5-10,12-13H,4,11H2,1-3H3,(H,21,22,23). The SMILES string of the molecule is CCSc1ccc(CC(=O)Nc2nc3ccc(C(C)C)cc3s2)cc1. The Labute approximate surface area is 156 Å². The quantitative estimate of drug-likeness (QED) is 0.565. The van der Waals surface area contributed by atoms with Gasteiger partial charge in [-0.3, -0.25) is 4.79 Å². The Morgan fingerprint density at radius 3 is 2.64 bits per heavy atom. The molecule has 3 nitrogen and oxygen atoms in total. The van der Waals surface area contributed by atoms with Crippen LogP contribution in [0.3, 0.4) is 0 Å². The van der Waals surface area contributed by atoms with E-state index in [2.05, 4.69) is 55.3 Å². The number of hydrogen-bond donors (Lipinski definition) is 1. The van der Waals surface area contributed by atoms with E-state index in [1.165, 1.54) is 21.8 Å². The van der Waals surface area contributed by atoms with Gasteiger partial charge in [0.2, 0.25) is 5.91 Å². The second kappa shape index (κ2) is 8.02. The lowest BCUT2D eigenvalue weighted by molar-refractivity contribution is -0.115.